The number of aromatic nitrogens is 2. The first kappa shape index (κ1) is 15.4. The number of rotatable bonds is 5. The first-order chi connectivity index (χ1) is 9.32. The van der Waals surface area contributed by atoms with E-state index < -0.39 is 4.92 Å². The molecule has 2 amide bonds. The summed E-state index contributed by atoms with van der Waals surface area (Å²) in [5.41, 5.74) is 5.42. The average Bonchev–Trinajstić information content (AvgIpc) is 2.32. The van der Waals surface area contributed by atoms with Crippen molar-refractivity contribution >= 4 is 23.5 Å². The Hall–Kier alpha value is -2.65. The van der Waals surface area contributed by atoms with Crippen LogP contribution in [0, 0.1) is 17.0 Å². The van der Waals surface area contributed by atoms with Crippen LogP contribution in [0.15, 0.2) is 0 Å². The number of carbonyl (C=O) groups is 1. The molecule has 4 N–H and O–H groups in total. The number of hydrogen-bond donors (Lipinski definition) is 3. The second-order valence-electron chi connectivity index (χ2n) is 4.17. The molecule has 0 aromatic carbocycles. The maximum Gasteiger partial charge on any atom is 0.332 e. The van der Waals surface area contributed by atoms with E-state index in [-0.39, 0.29) is 42.3 Å². The van der Waals surface area contributed by atoms with Crippen molar-refractivity contribution in [2.75, 3.05) is 38.2 Å². The second kappa shape index (κ2) is 6.50. The van der Waals surface area contributed by atoms with E-state index in [2.05, 4.69) is 20.6 Å². The minimum atomic E-state index is -0.574. The Morgan fingerprint density at radius 3 is 2.60 bits per heavy atom. The first-order valence-electron chi connectivity index (χ1n) is 5.80. The molecule has 0 aliphatic rings. The lowest BCUT2D eigenvalue weighted by molar-refractivity contribution is -0.385. The van der Waals surface area contributed by atoms with Crippen molar-refractivity contribution in [3.05, 3.63) is 15.8 Å². The molecule has 0 bridgehead atoms. The number of nitro groups is 1. The van der Waals surface area contributed by atoms with E-state index in [1.54, 1.807) is 14.1 Å². The summed E-state index contributed by atoms with van der Waals surface area (Å²) < 4.78 is 0. The van der Waals surface area contributed by atoms with Crippen LogP contribution in [-0.4, -0.2) is 53.0 Å². The number of nitrogens with one attached hydrogen (secondary N) is 2. The molecule has 0 fully saturated rings. The molecule has 0 aliphatic carbocycles. The summed E-state index contributed by atoms with van der Waals surface area (Å²) in [4.78, 5) is 30.6. The number of aryl methyl sites for hydroxylation is 1. The van der Waals surface area contributed by atoms with Gasteiger partial charge in [-0.05, 0) is 6.92 Å². The first-order valence-corrected chi connectivity index (χ1v) is 5.80. The monoisotopic (exact) mass is 283 g/mol. The van der Waals surface area contributed by atoms with Crippen LogP contribution in [0.4, 0.5) is 22.2 Å². The predicted octanol–water partition coefficient (Wildman–Crippen LogP) is -0.0415. The Labute approximate surface area is 115 Å². The van der Waals surface area contributed by atoms with E-state index in [1.165, 1.54) is 11.8 Å². The number of hydrogen-bond acceptors (Lipinski definition) is 7. The molecular formula is C10H17N7O3. The van der Waals surface area contributed by atoms with Gasteiger partial charge in [-0.2, -0.15) is 4.98 Å². The molecule has 0 atom stereocenters. The minimum Gasteiger partial charge on any atom is -0.368 e. The Balaban J connectivity index is 2.68. The predicted molar refractivity (Wildman–Crippen MR) is 73.4 cm³/mol. The minimum absolute atomic E-state index is 0.0408. The van der Waals surface area contributed by atoms with Gasteiger partial charge in [0.05, 0.1) is 4.92 Å². The van der Waals surface area contributed by atoms with Crippen molar-refractivity contribution in [1.29, 1.82) is 0 Å². The molecule has 0 saturated carbocycles. The van der Waals surface area contributed by atoms with Crippen molar-refractivity contribution in [3.63, 3.8) is 0 Å². The quantitative estimate of drug-likeness (QED) is 0.391. The van der Waals surface area contributed by atoms with E-state index in [4.69, 9.17) is 5.73 Å². The number of urea groups is 1. The van der Waals surface area contributed by atoms with E-state index in [0.717, 1.165) is 0 Å². The van der Waals surface area contributed by atoms with E-state index >= 15 is 0 Å². The lowest BCUT2D eigenvalue weighted by Crippen LogP contribution is -2.37. The maximum atomic E-state index is 11.3. The highest BCUT2D eigenvalue weighted by molar-refractivity contribution is 5.73. The van der Waals surface area contributed by atoms with Crippen molar-refractivity contribution in [2.45, 2.75) is 6.92 Å². The highest BCUT2D eigenvalue weighted by Crippen LogP contribution is 2.25. The lowest BCUT2D eigenvalue weighted by atomic mass is 10.3. The van der Waals surface area contributed by atoms with Gasteiger partial charge in [0.15, 0.2) is 0 Å². The van der Waals surface area contributed by atoms with Crippen LogP contribution >= 0.6 is 0 Å². The molecule has 110 valence electrons. The Bertz CT molecular complexity index is 518. The third-order valence-corrected chi connectivity index (χ3v) is 2.36. The molecule has 10 heteroatoms. The fourth-order valence-electron chi connectivity index (χ4n) is 1.44. The molecule has 10 nitrogen and oxygen atoms in total. The van der Waals surface area contributed by atoms with Crippen LogP contribution in [0.3, 0.4) is 0 Å². The standard InChI is InChI=1S/C10H17N7O3/c1-6-7(17(19)20)8(15-9(11)14-6)12-4-5-13-10(18)16(2)3/h4-5H2,1-3H3,(H,13,18)(H3,11,12,14,15). The fourth-order valence-corrected chi connectivity index (χ4v) is 1.44. The van der Waals surface area contributed by atoms with Gasteiger partial charge in [0.1, 0.15) is 5.69 Å². The highest BCUT2D eigenvalue weighted by Gasteiger charge is 2.21. The molecule has 0 unspecified atom stereocenters. The van der Waals surface area contributed by atoms with Gasteiger partial charge >= 0.3 is 11.7 Å². The van der Waals surface area contributed by atoms with Gasteiger partial charge < -0.3 is 21.3 Å². The topological polar surface area (TPSA) is 139 Å². The van der Waals surface area contributed by atoms with E-state index in [0.29, 0.717) is 0 Å². The van der Waals surface area contributed by atoms with Gasteiger partial charge in [0.2, 0.25) is 11.8 Å². The van der Waals surface area contributed by atoms with Crippen LogP contribution in [0.5, 0.6) is 0 Å². The summed E-state index contributed by atoms with van der Waals surface area (Å²) in [7, 11) is 3.23. The zero-order chi connectivity index (χ0) is 15.3. The van der Waals surface area contributed by atoms with Crippen LogP contribution < -0.4 is 16.4 Å². The van der Waals surface area contributed by atoms with Crippen LogP contribution in [0.2, 0.25) is 0 Å². The molecule has 0 aliphatic heterocycles. The summed E-state index contributed by atoms with van der Waals surface area (Å²) in [6, 6.07) is -0.250. The number of carbonyl (C=O) groups excluding carboxylic acids is 1. The number of amides is 2. The van der Waals surface area contributed by atoms with Gasteiger partial charge in [-0.15, -0.1) is 0 Å². The van der Waals surface area contributed by atoms with Gasteiger partial charge in [-0.3, -0.25) is 10.1 Å². The fraction of sp³-hybridized carbons (Fsp3) is 0.500. The highest BCUT2D eigenvalue weighted by atomic mass is 16.6. The SMILES string of the molecule is Cc1nc(N)nc(NCCNC(=O)N(C)C)c1[N+](=O)[O-]. The van der Waals surface area contributed by atoms with Crippen molar-refractivity contribution < 1.29 is 9.72 Å². The molecule has 0 radical (unpaired) electrons. The molecule has 1 heterocycles. The molecule has 0 saturated heterocycles. The number of nitrogens with two attached hydrogens (primary N) is 1. The van der Waals surface area contributed by atoms with Crippen molar-refractivity contribution in [1.82, 2.24) is 20.2 Å². The molecule has 1 rings (SSSR count). The molecule has 0 spiro atoms. The lowest BCUT2D eigenvalue weighted by Gasteiger charge is -2.12. The molecular weight excluding hydrogens is 266 g/mol. The number of anilines is 2. The smallest absolute Gasteiger partial charge is 0.332 e. The van der Waals surface area contributed by atoms with Gasteiger partial charge in [-0.1, -0.05) is 0 Å². The molecule has 1 aromatic heterocycles. The van der Waals surface area contributed by atoms with E-state index in [1.807, 2.05) is 0 Å². The Morgan fingerprint density at radius 2 is 2.05 bits per heavy atom. The van der Waals surface area contributed by atoms with Crippen molar-refractivity contribution in [2.24, 2.45) is 0 Å². The third-order valence-electron chi connectivity index (χ3n) is 2.36. The van der Waals surface area contributed by atoms with E-state index in [9.17, 15) is 14.9 Å². The largest absolute Gasteiger partial charge is 0.368 e. The summed E-state index contributed by atoms with van der Waals surface area (Å²) in [6.45, 7) is 2.04. The summed E-state index contributed by atoms with van der Waals surface area (Å²) in [6.07, 6.45) is 0. The second-order valence-corrected chi connectivity index (χ2v) is 4.17. The van der Waals surface area contributed by atoms with Crippen LogP contribution in [-0.2, 0) is 0 Å². The zero-order valence-corrected chi connectivity index (χ0v) is 11.5. The summed E-state index contributed by atoms with van der Waals surface area (Å²) >= 11 is 0. The van der Waals surface area contributed by atoms with Crippen LogP contribution in [0.25, 0.3) is 0 Å². The van der Waals surface area contributed by atoms with Crippen molar-refractivity contribution in [3.8, 4) is 0 Å². The number of nitrogen functional groups attached to an aromatic ring is 1. The average molecular weight is 283 g/mol. The zero-order valence-electron chi connectivity index (χ0n) is 11.5. The third kappa shape index (κ3) is 3.93. The van der Waals surface area contributed by atoms with Gasteiger partial charge in [0.25, 0.3) is 0 Å². The molecule has 20 heavy (non-hydrogen) atoms. The number of nitrogens with zero attached hydrogens (tertiary/aromatic N) is 4. The van der Waals surface area contributed by atoms with Gasteiger partial charge in [-0.25, -0.2) is 9.78 Å². The Kier molecular flexibility index (Phi) is 5.01. The van der Waals surface area contributed by atoms with Gasteiger partial charge in [0, 0.05) is 27.2 Å². The summed E-state index contributed by atoms with van der Waals surface area (Å²) in [5.74, 6) is -0.00738. The Morgan fingerprint density at radius 1 is 1.40 bits per heavy atom. The van der Waals surface area contributed by atoms with Crippen LogP contribution in [0.1, 0.15) is 5.69 Å². The molecule has 1 aromatic rings. The maximum absolute atomic E-state index is 11.3. The normalized spacial score (nSPS) is 9.95. The summed E-state index contributed by atoms with van der Waals surface area (Å²) in [5, 5.41) is 16.3.